The van der Waals surface area contributed by atoms with Crippen LogP contribution in [0.1, 0.15) is 25.7 Å². The first-order chi connectivity index (χ1) is 8.00. The van der Waals surface area contributed by atoms with Gasteiger partial charge < -0.3 is 9.84 Å². The molecule has 1 aliphatic rings. The highest BCUT2D eigenvalue weighted by atomic mass is 19.4. The van der Waals surface area contributed by atoms with Crippen molar-refractivity contribution in [3.63, 3.8) is 0 Å². The first kappa shape index (κ1) is 15.1. The van der Waals surface area contributed by atoms with Gasteiger partial charge in [0.2, 0.25) is 0 Å². The third-order valence-electron chi connectivity index (χ3n) is 2.69. The third kappa shape index (κ3) is 2.55. The Kier molecular flexibility index (Phi) is 3.85. The van der Waals surface area contributed by atoms with Crippen LogP contribution >= 0.6 is 0 Å². The molecule has 0 heterocycles. The Hall–Kier alpha value is -0.990. The summed E-state index contributed by atoms with van der Waals surface area (Å²) in [5.74, 6) is -2.71. The van der Waals surface area contributed by atoms with E-state index in [4.69, 9.17) is 5.11 Å². The van der Waals surface area contributed by atoms with Gasteiger partial charge >= 0.3 is 23.9 Å². The van der Waals surface area contributed by atoms with E-state index in [0.717, 1.165) is 0 Å². The van der Waals surface area contributed by atoms with Crippen LogP contribution in [0.3, 0.4) is 0 Å². The van der Waals surface area contributed by atoms with Gasteiger partial charge in [0.25, 0.3) is 0 Å². The van der Waals surface area contributed by atoms with Gasteiger partial charge in [0.15, 0.2) is 0 Å². The van der Waals surface area contributed by atoms with E-state index in [9.17, 15) is 31.1 Å². The summed E-state index contributed by atoms with van der Waals surface area (Å²) in [5, 5.41) is 8.69. The van der Waals surface area contributed by atoms with Crippen LogP contribution in [0.15, 0.2) is 0 Å². The highest BCUT2D eigenvalue weighted by Gasteiger charge is 2.76. The molecule has 0 aromatic heterocycles. The maximum absolute atomic E-state index is 12.3. The minimum absolute atomic E-state index is 0.192. The second kappa shape index (κ2) is 4.60. The standard InChI is InChI=1S/C9H10F6O3/c10-8(11,12)7(17,9(13,14)15)6(16)18-5-3-1-2-4-5/h5,17H,1-4H2. The molecule has 1 N–H and O–H groups in total. The van der Waals surface area contributed by atoms with E-state index in [1.165, 1.54) is 0 Å². The third-order valence-corrected chi connectivity index (χ3v) is 2.69. The molecular weight excluding hydrogens is 270 g/mol. The van der Waals surface area contributed by atoms with Crippen molar-refractivity contribution in [2.45, 2.75) is 49.7 Å². The zero-order valence-corrected chi connectivity index (χ0v) is 8.94. The van der Waals surface area contributed by atoms with Gasteiger partial charge in [-0.1, -0.05) is 0 Å². The topological polar surface area (TPSA) is 46.5 Å². The van der Waals surface area contributed by atoms with E-state index in [2.05, 4.69) is 4.74 Å². The number of hydrogen-bond acceptors (Lipinski definition) is 3. The van der Waals surface area contributed by atoms with E-state index >= 15 is 0 Å². The van der Waals surface area contributed by atoms with Crippen molar-refractivity contribution in [3.8, 4) is 0 Å². The Morgan fingerprint density at radius 3 is 1.72 bits per heavy atom. The first-order valence-corrected chi connectivity index (χ1v) is 5.07. The van der Waals surface area contributed by atoms with Crippen LogP contribution in [-0.2, 0) is 9.53 Å². The zero-order chi connectivity index (χ0) is 14.2. The number of carbonyl (C=O) groups excluding carboxylic acids is 1. The Labute approximate surface area is 97.7 Å². The van der Waals surface area contributed by atoms with E-state index in [1.54, 1.807) is 0 Å². The molecular formula is C9H10F6O3. The minimum Gasteiger partial charge on any atom is -0.460 e. The van der Waals surface area contributed by atoms with Gasteiger partial charge in [-0.05, 0) is 25.7 Å². The molecule has 9 heteroatoms. The van der Waals surface area contributed by atoms with Crippen molar-refractivity contribution in [3.05, 3.63) is 0 Å². The molecule has 1 aliphatic carbocycles. The fraction of sp³-hybridized carbons (Fsp3) is 0.889. The van der Waals surface area contributed by atoms with Crippen LogP contribution < -0.4 is 0 Å². The van der Waals surface area contributed by atoms with E-state index < -0.39 is 30.0 Å². The van der Waals surface area contributed by atoms with E-state index in [-0.39, 0.29) is 12.8 Å². The number of halogens is 6. The van der Waals surface area contributed by atoms with Crippen LogP contribution in [0.25, 0.3) is 0 Å². The molecule has 0 amide bonds. The average molecular weight is 280 g/mol. The number of aliphatic hydroxyl groups is 1. The molecule has 1 fully saturated rings. The normalized spacial score (nSPS) is 19.1. The predicted octanol–water partition coefficient (Wildman–Crippen LogP) is 2.33. The van der Waals surface area contributed by atoms with Gasteiger partial charge in [-0.25, -0.2) is 4.79 Å². The lowest BCUT2D eigenvalue weighted by Crippen LogP contribution is -2.63. The molecule has 0 atom stereocenters. The Morgan fingerprint density at radius 2 is 1.39 bits per heavy atom. The smallest absolute Gasteiger partial charge is 0.437 e. The summed E-state index contributed by atoms with van der Waals surface area (Å²) in [7, 11) is 0. The summed E-state index contributed by atoms with van der Waals surface area (Å²) in [4.78, 5) is 11.0. The van der Waals surface area contributed by atoms with Crippen LogP contribution in [0.2, 0.25) is 0 Å². The minimum atomic E-state index is -6.18. The SMILES string of the molecule is O=C(OC1CCCC1)C(O)(C(F)(F)F)C(F)(F)F. The number of hydrogen-bond donors (Lipinski definition) is 1. The fourth-order valence-corrected chi connectivity index (χ4v) is 1.64. The molecule has 0 unspecified atom stereocenters. The van der Waals surface area contributed by atoms with Gasteiger partial charge in [0.05, 0.1) is 0 Å². The lowest BCUT2D eigenvalue weighted by Gasteiger charge is -2.30. The van der Waals surface area contributed by atoms with Crippen LogP contribution in [-0.4, -0.2) is 35.1 Å². The molecule has 106 valence electrons. The molecule has 18 heavy (non-hydrogen) atoms. The van der Waals surface area contributed by atoms with Crippen molar-refractivity contribution in [1.82, 2.24) is 0 Å². The maximum Gasteiger partial charge on any atom is 0.437 e. The van der Waals surface area contributed by atoms with Crippen LogP contribution in [0.5, 0.6) is 0 Å². The first-order valence-electron chi connectivity index (χ1n) is 5.07. The van der Waals surface area contributed by atoms with Crippen molar-refractivity contribution in [2.24, 2.45) is 0 Å². The highest BCUT2D eigenvalue weighted by Crippen LogP contribution is 2.44. The lowest BCUT2D eigenvalue weighted by molar-refractivity contribution is -0.357. The molecule has 1 rings (SSSR count). The number of alkyl halides is 6. The quantitative estimate of drug-likeness (QED) is 0.623. The molecule has 0 saturated heterocycles. The highest BCUT2D eigenvalue weighted by molar-refractivity contribution is 5.81. The molecule has 0 aromatic rings. The largest absolute Gasteiger partial charge is 0.460 e. The second-order valence-electron chi connectivity index (χ2n) is 4.02. The molecule has 0 radical (unpaired) electrons. The molecule has 0 bridgehead atoms. The van der Waals surface area contributed by atoms with Crippen LogP contribution in [0.4, 0.5) is 26.3 Å². The van der Waals surface area contributed by atoms with E-state index in [1.807, 2.05) is 0 Å². The Balaban J connectivity index is 2.93. The van der Waals surface area contributed by atoms with Gasteiger partial charge in [-0.2, -0.15) is 26.3 Å². The average Bonchev–Trinajstić information content (AvgIpc) is 2.65. The fourth-order valence-electron chi connectivity index (χ4n) is 1.64. The van der Waals surface area contributed by atoms with Crippen LogP contribution in [0, 0.1) is 0 Å². The second-order valence-corrected chi connectivity index (χ2v) is 4.02. The van der Waals surface area contributed by atoms with Crippen molar-refractivity contribution in [2.75, 3.05) is 0 Å². The number of carbonyl (C=O) groups is 1. The summed E-state index contributed by atoms with van der Waals surface area (Å²) in [6.07, 6.45) is -11.9. The summed E-state index contributed by atoms with van der Waals surface area (Å²) in [6, 6.07) is 0. The van der Waals surface area contributed by atoms with Gasteiger partial charge in [0, 0.05) is 0 Å². The summed E-state index contributed by atoms with van der Waals surface area (Å²) in [5.41, 5.74) is -5.47. The zero-order valence-electron chi connectivity index (χ0n) is 8.94. The van der Waals surface area contributed by atoms with Crippen molar-refractivity contribution in [1.29, 1.82) is 0 Å². The number of esters is 1. The maximum atomic E-state index is 12.3. The predicted molar refractivity (Wildman–Crippen MR) is 45.4 cm³/mol. The molecule has 0 aromatic carbocycles. The number of rotatable bonds is 2. The van der Waals surface area contributed by atoms with E-state index in [0.29, 0.717) is 12.8 Å². The molecule has 0 spiro atoms. The van der Waals surface area contributed by atoms with Gasteiger partial charge in [-0.15, -0.1) is 0 Å². The van der Waals surface area contributed by atoms with Gasteiger partial charge in [0.1, 0.15) is 6.10 Å². The molecule has 3 nitrogen and oxygen atoms in total. The Morgan fingerprint density at radius 1 is 1.00 bits per heavy atom. The van der Waals surface area contributed by atoms with Crippen molar-refractivity contribution < 1.29 is 41.0 Å². The monoisotopic (exact) mass is 280 g/mol. The molecule has 1 saturated carbocycles. The number of ether oxygens (including phenoxy) is 1. The lowest BCUT2D eigenvalue weighted by atomic mass is 10.0. The van der Waals surface area contributed by atoms with Crippen molar-refractivity contribution >= 4 is 5.97 Å². The molecule has 0 aliphatic heterocycles. The van der Waals surface area contributed by atoms with Gasteiger partial charge in [-0.3, -0.25) is 0 Å². The summed E-state index contributed by atoms with van der Waals surface area (Å²) < 4.78 is 77.6. The summed E-state index contributed by atoms with van der Waals surface area (Å²) >= 11 is 0. The summed E-state index contributed by atoms with van der Waals surface area (Å²) in [6.45, 7) is 0. The Bertz CT molecular complexity index is 301.